The number of fused-ring (bicyclic) bond motifs is 1. The van der Waals surface area contributed by atoms with Crippen molar-refractivity contribution < 1.29 is 19.5 Å². The normalized spacial score (nSPS) is 12.9. The summed E-state index contributed by atoms with van der Waals surface area (Å²) in [5, 5.41) is 9.05. The van der Waals surface area contributed by atoms with Crippen LogP contribution in [0.15, 0.2) is 48.5 Å². The van der Waals surface area contributed by atoms with Gasteiger partial charge in [-0.1, -0.05) is 30.3 Å². The van der Waals surface area contributed by atoms with Crippen molar-refractivity contribution in [1.82, 2.24) is 9.80 Å². The van der Waals surface area contributed by atoms with E-state index in [4.69, 9.17) is 5.11 Å². The molecule has 0 fully saturated rings. The van der Waals surface area contributed by atoms with Gasteiger partial charge in [-0.3, -0.25) is 14.5 Å². The van der Waals surface area contributed by atoms with Gasteiger partial charge in [0.15, 0.2) is 0 Å². The third-order valence-electron chi connectivity index (χ3n) is 4.68. The molecular weight excluding hydrogens is 380 g/mol. The van der Waals surface area contributed by atoms with E-state index in [0.717, 1.165) is 19.5 Å². The first-order valence-corrected chi connectivity index (χ1v) is 8.93. The van der Waals surface area contributed by atoms with Crippen molar-refractivity contribution in [1.29, 1.82) is 0 Å². The third-order valence-corrected chi connectivity index (χ3v) is 4.68. The number of halogens is 1. The lowest BCUT2D eigenvalue weighted by Gasteiger charge is -2.18. The van der Waals surface area contributed by atoms with Crippen LogP contribution in [0.5, 0.6) is 0 Å². The van der Waals surface area contributed by atoms with Crippen LogP contribution >= 0.6 is 12.4 Å². The minimum absolute atomic E-state index is 0. The van der Waals surface area contributed by atoms with Gasteiger partial charge < -0.3 is 10.0 Å². The smallest absolute Gasteiger partial charge is 0.335 e. The second-order valence-electron chi connectivity index (χ2n) is 6.76. The highest BCUT2D eigenvalue weighted by atomic mass is 35.5. The van der Waals surface area contributed by atoms with Gasteiger partial charge in [0.05, 0.1) is 16.7 Å². The van der Waals surface area contributed by atoms with Crippen LogP contribution in [-0.2, 0) is 6.54 Å². The Morgan fingerprint density at radius 3 is 2.36 bits per heavy atom. The topological polar surface area (TPSA) is 77.9 Å². The van der Waals surface area contributed by atoms with Gasteiger partial charge in [0.2, 0.25) is 0 Å². The summed E-state index contributed by atoms with van der Waals surface area (Å²) in [4.78, 5) is 39.3. The Morgan fingerprint density at radius 1 is 1.00 bits per heavy atom. The molecule has 7 heteroatoms. The van der Waals surface area contributed by atoms with Gasteiger partial charge >= 0.3 is 5.97 Å². The molecule has 0 aliphatic carbocycles. The molecule has 28 heavy (non-hydrogen) atoms. The summed E-state index contributed by atoms with van der Waals surface area (Å²) in [6.45, 7) is 2.06. The van der Waals surface area contributed by atoms with Crippen molar-refractivity contribution in [2.75, 3.05) is 20.1 Å². The highest BCUT2D eigenvalue weighted by molar-refractivity contribution is 6.21. The van der Waals surface area contributed by atoms with Crippen molar-refractivity contribution >= 4 is 30.2 Å². The lowest BCUT2D eigenvalue weighted by atomic mass is 10.1. The summed E-state index contributed by atoms with van der Waals surface area (Å²) < 4.78 is 0. The first-order chi connectivity index (χ1) is 13.0. The number of imide groups is 1. The highest BCUT2D eigenvalue weighted by Crippen LogP contribution is 2.24. The maximum absolute atomic E-state index is 12.5. The molecule has 0 saturated carbocycles. The maximum Gasteiger partial charge on any atom is 0.335 e. The van der Waals surface area contributed by atoms with Crippen molar-refractivity contribution in [3.8, 4) is 0 Å². The number of unbranched alkanes of at least 4 members (excludes halogenated alkanes) is 1. The summed E-state index contributed by atoms with van der Waals surface area (Å²) in [5.74, 6) is -1.86. The Kier molecular flexibility index (Phi) is 7.31. The number of hydrogen-bond donors (Lipinski definition) is 1. The number of aromatic carboxylic acids is 1. The van der Waals surface area contributed by atoms with E-state index in [-0.39, 0.29) is 35.0 Å². The van der Waals surface area contributed by atoms with Crippen LogP contribution in [0.2, 0.25) is 0 Å². The summed E-state index contributed by atoms with van der Waals surface area (Å²) in [6.07, 6.45) is 1.56. The molecule has 2 amide bonds. The molecule has 2 aromatic carbocycles. The van der Waals surface area contributed by atoms with Crippen molar-refractivity contribution in [2.24, 2.45) is 0 Å². The molecule has 3 rings (SSSR count). The third kappa shape index (κ3) is 4.77. The Bertz CT molecular complexity index is 870. The minimum atomic E-state index is -1.11. The fraction of sp³-hybridized carbons (Fsp3) is 0.286. The molecule has 0 unspecified atom stereocenters. The molecule has 148 valence electrons. The predicted molar refractivity (Wildman–Crippen MR) is 108 cm³/mol. The molecule has 0 bridgehead atoms. The fourth-order valence-corrected chi connectivity index (χ4v) is 3.25. The van der Waals surface area contributed by atoms with Gasteiger partial charge in [-0.15, -0.1) is 12.4 Å². The van der Waals surface area contributed by atoms with Crippen LogP contribution in [0.1, 0.15) is 49.5 Å². The molecule has 0 saturated heterocycles. The monoisotopic (exact) mass is 402 g/mol. The zero-order valence-electron chi connectivity index (χ0n) is 15.6. The zero-order valence-corrected chi connectivity index (χ0v) is 16.4. The van der Waals surface area contributed by atoms with E-state index in [0.29, 0.717) is 13.0 Å². The van der Waals surface area contributed by atoms with Crippen LogP contribution in [-0.4, -0.2) is 52.8 Å². The predicted octanol–water partition coefficient (Wildman–Crippen LogP) is 3.31. The van der Waals surface area contributed by atoms with Crippen molar-refractivity contribution in [2.45, 2.75) is 19.4 Å². The lowest BCUT2D eigenvalue weighted by molar-refractivity contribution is 0.0649. The van der Waals surface area contributed by atoms with Gasteiger partial charge in [-0.2, -0.15) is 0 Å². The molecule has 1 aliphatic heterocycles. The van der Waals surface area contributed by atoms with Gasteiger partial charge in [-0.25, -0.2) is 4.79 Å². The molecule has 6 nitrogen and oxygen atoms in total. The van der Waals surface area contributed by atoms with E-state index in [9.17, 15) is 14.4 Å². The number of hydrogen-bond acceptors (Lipinski definition) is 4. The zero-order chi connectivity index (χ0) is 19.4. The van der Waals surface area contributed by atoms with Gasteiger partial charge in [0.25, 0.3) is 11.8 Å². The van der Waals surface area contributed by atoms with E-state index in [1.165, 1.54) is 28.7 Å². The molecule has 0 atom stereocenters. The van der Waals surface area contributed by atoms with E-state index < -0.39 is 11.9 Å². The van der Waals surface area contributed by atoms with Crippen LogP contribution in [0.4, 0.5) is 0 Å². The van der Waals surface area contributed by atoms with E-state index in [2.05, 4.69) is 17.0 Å². The quantitative estimate of drug-likeness (QED) is 0.541. The van der Waals surface area contributed by atoms with E-state index in [1.54, 1.807) is 0 Å². The van der Waals surface area contributed by atoms with Gasteiger partial charge in [0.1, 0.15) is 0 Å². The first-order valence-electron chi connectivity index (χ1n) is 8.93. The largest absolute Gasteiger partial charge is 0.478 e. The molecule has 0 spiro atoms. The standard InChI is InChI=1S/C21H22N2O4.ClH/c1-22(14-15-7-3-2-4-8-15)11-5-6-12-23-19(24)17-10-9-16(21(26)27)13-18(17)20(23)25;/h2-4,7-10,13H,5-6,11-12,14H2,1H3,(H,26,27);1H. The summed E-state index contributed by atoms with van der Waals surface area (Å²) >= 11 is 0. The Labute approximate surface area is 170 Å². The number of benzene rings is 2. The van der Waals surface area contributed by atoms with Gasteiger partial charge in [-0.05, 0) is 50.2 Å². The van der Waals surface area contributed by atoms with Gasteiger partial charge in [0, 0.05) is 13.1 Å². The molecule has 0 radical (unpaired) electrons. The SMILES string of the molecule is CN(CCCCN1C(=O)c2ccc(C(=O)O)cc2C1=O)Cc1ccccc1.Cl. The first kappa shape index (κ1) is 21.6. The van der Waals surface area contributed by atoms with E-state index in [1.807, 2.05) is 25.2 Å². The average Bonchev–Trinajstić information content (AvgIpc) is 2.90. The Hall–Kier alpha value is -2.70. The molecular formula is C21H23ClN2O4. The molecule has 0 aromatic heterocycles. The van der Waals surface area contributed by atoms with Crippen LogP contribution in [0.3, 0.4) is 0 Å². The lowest BCUT2D eigenvalue weighted by Crippen LogP contribution is -2.31. The number of nitrogens with zero attached hydrogens (tertiary/aromatic N) is 2. The van der Waals surface area contributed by atoms with Crippen molar-refractivity contribution in [3.05, 3.63) is 70.8 Å². The molecule has 1 N–H and O–H groups in total. The second kappa shape index (κ2) is 9.48. The van der Waals surface area contributed by atoms with Crippen LogP contribution in [0, 0.1) is 0 Å². The highest BCUT2D eigenvalue weighted by Gasteiger charge is 2.35. The van der Waals surface area contributed by atoms with E-state index >= 15 is 0 Å². The molecule has 2 aromatic rings. The number of carboxylic acid groups (broad SMARTS) is 1. The molecule has 1 aliphatic rings. The Morgan fingerprint density at radius 2 is 1.68 bits per heavy atom. The average molecular weight is 403 g/mol. The number of carbonyl (C=O) groups excluding carboxylic acids is 2. The fourth-order valence-electron chi connectivity index (χ4n) is 3.25. The summed E-state index contributed by atoms with van der Waals surface area (Å²) in [7, 11) is 2.04. The number of amides is 2. The van der Waals surface area contributed by atoms with Crippen LogP contribution < -0.4 is 0 Å². The molecule has 1 heterocycles. The van der Waals surface area contributed by atoms with Crippen molar-refractivity contribution in [3.63, 3.8) is 0 Å². The Balaban J connectivity index is 0.00000280. The number of rotatable bonds is 8. The summed E-state index contributed by atoms with van der Waals surface area (Å²) in [5.41, 5.74) is 1.72. The minimum Gasteiger partial charge on any atom is -0.478 e. The summed E-state index contributed by atoms with van der Waals surface area (Å²) in [6, 6.07) is 14.3. The second-order valence-corrected chi connectivity index (χ2v) is 6.76. The van der Waals surface area contributed by atoms with Crippen LogP contribution in [0.25, 0.3) is 0 Å². The number of carboxylic acids is 1. The number of carbonyl (C=O) groups is 3. The maximum atomic E-state index is 12.5.